The topological polar surface area (TPSA) is 52.6 Å². The van der Waals surface area contributed by atoms with Gasteiger partial charge in [0.05, 0.1) is 10.6 Å². The third-order valence-corrected chi connectivity index (χ3v) is 9.20. The van der Waals surface area contributed by atoms with Crippen molar-refractivity contribution >= 4 is 31.9 Å². The lowest BCUT2D eigenvalue weighted by atomic mass is 10.2. The standard InChI is InChI=1S/C20H23ClO4Si/c1-20(2,3)26(4,5)25-19(23)15-11-7-9-13-17(15)24-18(22)14-10-6-8-12-16(14)21/h6-13H,1-5H3. The zero-order valence-corrected chi connectivity index (χ0v) is 17.4. The molecule has 2 rings (SSSR count). The molecule has 0 amide bonds. The first-order chi connectivity index (χ1) is 12.0. The molecule has 0 bridgehead atoms. The molecule has 0 spiro atoms. The van der Waals surface area contributed by atoms with E-state index in [1.54, 1.807) is 48.5 Å². The van der Waals surface area contributed by atoms with Gasteiger partial charge in [-0.3, -0.25) is 0 Å². The van der Waals surface area contributed by atoms with Crippen LogP contribution in [-0.2, 0) is 4.43 Å². The average molecular weight is 391 g/mol. The van der Waals surface area contributed by atoms with Crippen molar-refractivity contribution < 1.29 is 18.8 Å². The molecule has 6 heteroatoms. The number of benzene rings is 2. The van der Waals surface area contributed by atoms with Gasteiger partial charge in [-0.25, -0.2) is 9.59 Å². The van der Waals surface area contributed by atoms with Gasteiger partial charge in [0.1, 0.15) is 11.3 Å². The first-order valence-corrected chi connectivity index (χ1v) is 11.6. The Balaban J connectivity index is 2.27. The highest BCUT2D eigenvalue weighted by molar-refractivity contribution is 6.75. The second kappa shape index (κ2) is 7.64. The minimum absolute atomic E-state index is 0.119. The van der Waals surface area contributed by atoms with Gasteiger partial charge in [-0.15, -0.1) is 0 Å². The van der Waals surface area contributed by atoms with Crippen molar-refractivity contribution in [3.63, 3.8) is 0 Å². The molecule has 0 heterocycles. The van der Waals surface area contributed by atoms with Crippen molar-refractivity contribution in [2.75, 3.05) is 0 Å². The molecule has 0 N–H and O–H groups in total. The van der Waals surface area contributed by atoms with E-state index in [9.17, 15) is 9.59 Å². The average Bonchev–Trinajstić information content (AvgIpc) is 2.54. The Bertz CT molecular complexity index is 825. The van der Waals surface area contributed by atoms with Gasteiger partial charge >= 0.3 is 11.9 Å². The van der Waals surface area contributed by atoms with E-state index in [0.717, 1.165) is 0 Å². The van der Waals surface area contributed by atoms with Gasteiger partial charge in [0.15, 0.2) is 0 Å². The lowest BCUT2D eigenvalue weighted by Gasteiger charge is -2.35. The molecule has 0 aliphatic heterocycles. The maximum atomic E-state index is 12.7. The van der Waals surface area contributed by atoms with Crippen molar-refractivity contribution in [2.24, 2.45) is 0 Å². The van der Waals surface area contributed by atoms with Crippen molar-refractivity contribution in [3.8, 4) is 5.75 Å². The third kappa shape index (κ3) is 4.53. The van der Waals surface area contributed by atoms with Crippen LogP contribution in [0, 0.1) is 0 Å². The number of carbonyl (C=O) groups is 2. The number of carbonyl (C=O) groups excluding carboxylic acids is 2. The molecule has 0 aliphatic carbocycles. The Kier molecular flexibility index (Phi) is 5.93. The summed E-state index contributed by atoms with van der Waals surface area (Å²) in [4.78, 5) is 25.1. The minimum atomic E-state index is -2.30. The summed E-state index contributed by atoms with van der Waals surface area (Å²) in [5, 5.41) is 0.171. The summed E-state index contributed by atoms with van der Waals surface area (Å²) in [5.41, 5.74) is 0.458. The van der Waals surface area contributed by atoms with Gasteiger partial charge in [-0.1, -0.05) is 56.6 Å². The molecule has 0 atom stereocenters. The van der Waals surface area contributed by atoms with Crippen LogP contribution in [0.2, 0.25) is 23.2 Å². The lowest BCUT2D eigenvalue weighted by Crippen LogP contribution is -2.42. The van der Waals surface area contributed by atoms with Crippen LogP contribution in [0.4, 0.5) is 0 Å². The highest BCUT2D eigenvalue weighted by Gasteiger charge is 2.41. The van der Waals surface area contributed by atoms with Gasteiger partial charge in [-0.2, -0.15) is 0 Å². The van der Waals surface area contributed by atoms with E-state index in [1.807, 2.05) is 13.1 Å². The maximum Gasteiger partial charge on any atom is 0.345 e. The fourth-order valence-electron chi connectivity index (χ4n) is 1.95. The van der Waals surface area contributed by atoms with E-state index in [4.69, 9.17) is 20.8 Å². The number of esters is 1. The van der Waals surface area contributed by atoms with Crippen molar-refractivity contribution in [1.82, 2.24) is 0 Å². The SMILES string of the molecule is CC(C)(C)[Si](C)(C)OC(=O)c1ccccc1OC(=O)c1ccccc1Cl. The Hall–Kier alpha value is -2.11. The van der Waals surface area contributed by atoms with Gasteiger partial charge in [0, 0.05) is 0 Å². The van der Waals surface area contributed by atoms with Crippen molar-refractivity contribution in [2.45, 2.75) is 38.9 Å². The maximum absolute atomic E-state index is 12.7. The second-order valence-electron chi connectivity index (χ2n) is 7.52. The van der Waals surface area contributed by atoms with Crippen molar-refractivity contribution in [1.29, 1.82) is 0 Å². The van der Waals surface area contributed by atoms with Gasteiger partial charge < -0.3 is 9.16 Å². The molecule has 2 aromatic carbocycles. The second-order valence-corrected chi connectivity index (χ2v) is 12.6. The molecular weight excluding hydrogens is 368 g/mol. The summed E-state index contributed by atoms with van der Waals surface area (Å²) >= 11 is 6.04. The summed E-state index contributed by atoms with van der Waals surface area (Å²) in [6.45, 7) is 10.1. The summed E-state index contributed by atoms with van der Waals surface area (Å²) in [6, 6.07) is 13.1. The van der Waals surface area contributed by atoms with Gasteiger partial charge in [0.25, 0.3) is 8.32 Å². The molecule has 138 valence electrons. The predicted molar refractivity (Wildman–Crippen MR) is 105 cm³/mol. The van der Waals surface area contributed by atoms with Crippen LogP contribution in [0.1, 0.15) is 41.5 Å². The summed E-state index contributed by atoms with van der Waals surface area (Å²) in [5.74, 6) is -0.955. The highest BCUT2D eigenvalue weighted by atomic mass is 35.5. The quantitative estimate of drug-likeness (QED) is 0.380. The van der Waals surface area contributed by atoms with Gasteiger partial charge in [-0.05, 0) is 42.4 Å². The van der Waals surface area contributed by atoms with Crippen LogP contribution in [0.3, 0.4) is 0 Å². The van der Waals surface area contributed by atoms with E-state index in [2.05, 4.69) is 20.8 Å². The number of para-hydroxylation sites is 1. The molecule has 26 heavy (non-hydrogen) atoms. The largest absolute Gasteiger partial charge is 0.516 e. The predicted octanol–water partition coefficient (Wildman–Crippen LogP) is 5.72. The molecule has 0 saturated carbocycles. The van der Waals surface area contributed by atoms with E-state index >= 15 is 0 Å². The van der Waals surface area contributed by atoms with E-state index in [-0.39, 0.29) is 21.9 Å². The molecule has 0 aromatic heterocycles. The molecule has 0 unspecified atom stereocenters. The van der Waals surface area contributed by atoms with Crippen LogP contribution in [0.15, 0.2) is 48.5 Å². The Morgan fingerprint density at radius 1 is 0.885 bits per heavy atom. The molecular formula is C20H23ClO4Si. The number of rotatable bonds is 4. The first-order valence-electron chi connectivity index (χ1n) is 8.32. The number of hydrogen-bond donors (Lipinski definition) is 0. The zero-order valence-electron chi connectivity index (χ0n) is 15.6. The van der Waals surface area contributed by atoms with Crippen LogP contribution < -0.4 is 4.74 Å². The van der Waals surface area contributed by atoms with Crippen LogP contribution >= 0.6 is 11.6 Å². The van der Waals surface area contributed by atoms with Crippen molar-refractivity contribution in [3.05, 3.63) is 64.7 Å². The fraction of sp³-hybridized carbons (Fsp3) is 0.300. The van der Waals surface area contributed by atoms with Crippen LogP contribution in [0.5, 0.6) is 5.75 Å². The first kappa shape index (κ1) is 20.2. The Labute approximate surface area is 160 Å². The monoisotopic (exact) mass is 390 g/mol. The molecule has 4 nitrogen and oxygen atoms in total. The van der Waals surface area contributed by atoms with E-state index < -0.39 is 20.3 Å². The van der Waals surface area contributed by atoms with Gasteiger partial charge in [0.2, 0.25) is 0 Å². The number of hydrogen-bond acceptors (Lipinski definition) is 4. The Morgan fingerprint density at radius 2 is 1.42 bits per heavy atom. The molecule has 0 radical (unpaired) electrons. The summed E-state index contributed by atoms with van der Waals surface area (Å²) < 4.78 is 11.2. The van der Waals surface area contributed by atoms with E-state index in [0.29, 0.717) is 5.02 Å². The molecule has 2 aromatic rings. The summed E-state index contributed by atoms with van der Waals surface area (Å²) in [6.07, 6.45) is 0. The number of halogens is 1. The zero-order chi connectivity index (χ0) is 19.5. The highest BCUT2D eigenvalue weighted by Crippen LogP contribution is 2.37. The smallest absolute Gasteiger partial charge is 0.345 e. The molecule has 0 saturated heterocycles. The van der Waals surface area contributed by atoms with E-state index in [1.165, 1.54) is 0 Å². The number of ether oxygens (including phenoxy) is 1. The summed E-state index contributed by atoms with van der Waals surface area (Å²) in [7, 11) is -2.30. The third-order valence-electron chi connectivity index (χ3n) is 4.56. The minimum Gasteiger partial charge on any atom is -0.516 e. The fourth-order valence-corrected chi connectivity index (χ4v) is 3.04. The molecule has 0 fully saturated rings. The molecule has 0 aliphatic rings. The lowest BCUT2D eigenvalue weighted by molar-refractivity contribution is 0.0693. The normalized spacial score (nSPS) is 11.8. The van der Waals surface area contributed by atoms with Crippen LogP contribution in [-0.4, -0.2) is 20.3 Å². The van der Waals surface area contributed by atoms with Crippen LogP contribution in [0.25, 0.3) is 0 Å². The Morgan fingerprint density at radius 3 is 2.00 bits per heavy atom.